The Labute approximate surface area is 104 Å². The summed E-state index contributed by atoms with van der Waals surface area (Å²) < 4.78 is 3.01. The van der Waals surface area contributed by atoms with Crippen molar-refractivity contribution in [2.45, 2.75) is 23.7 Å². The van der Waals surface area contributed by atoms with Crippen LogP contribution in [0.4, 0.5) is 4.79 Å². The molecule has 0 radical (unpaired) electrons. The van der Waals surface area contributed by atoms with Gasteiger partial charge in [0.15, 0.2) is 0 Å². The first-order valence-electron chi connectivity index (χ1n) is 4.37. The maximum atomic E-state index is 11.1. The fourth-order valence-electron chi connectivity index (χ4n) is 0.764. The first-order valence-corrected chi connectivity index (χ1v) is 5.50. The molecule has 0 aliphatic rings. The van der Waals surface area contributed by atoms with Crippen LogP contribution in [0.25, 0.3) is 0 Å². The number of alkyl carbamates (subject to hydrolysis) is 1. The highest BCUT2D eigenvalue weighted by Gasteiger charge is 2.23. The highest BCUT2D eigenvalue weighted by Crippen LogP contribution is 2.25. The van der Waals surface area contributed by atoms with Crippen LogP contribution in [0.3, 0.4) is 0 Å². The number of aliphatic hydroxyl groups excluding tert-OH is 1. The average Bonchev–Trinajstić information content (AvgIpc) is 2.09. The number of alkyl halides is 3. The van der Waals surface area contributed by atoms with Crippen LogP contribution in [-0.2, 0) is 4.74 Å². The van der Waals surface area contributed by atoms with E-state index in [0.29, 0.717) is 0 Å². The molecule has 0 heterocycles. The van der Waals surface area contributed by atoms with Gasteiger partial charge in [-0.15, -0.1) is 0 Å². The zero-order chi connectivity index (χ0) is 12.1. The van der Waals surface area contributed by atoms with E-state index in [1.54, 1.807) is 0 Å². The summed E-state index contributed by atoms with van der Waals surface area (Å²) in [5.74, 6) is 0.0929. The van der Waals surface area contributed by atoms with Crippen molar-refractivity contribution in [2.75, 3.05) is 13.2 Å². The van der Waals surface area contributed by atoms with E-state index in [1.807, 2.05) is 13.8 Å². The van der Waals surface area contributed by atoms with Gasteiger partial charge < -0.3 is 15.2 Å². The number of ether oxygens (including phenoxy) is 1. The van der Waals surface area contributed by atoms with Crippen molar-refractivity contribution in [3.63, 3.8) is 0 Å². The lowest BCUT2D eigenvalue weighted by Crippen LogP contribution is -2.42. The Hall–Kier alpha value is 0.1000. The van der Waals surface area contributed by atoms with Crippen LogP contribution in [0, 0.1) is 5.92 Å². The third kappa shape index (κ3) is 7.96. The molecule has 0 aliphatic heterocycles. The molecule has 90 valence electrons. The minimum Gasteiger partial charge on any atom is -0.445 e. The number of hydrogen-bond donors (Lipinski definition) is 2. The molecule has 0 aromatic carbocycles. The molecule has 0 bridgehead atoms. The zero-order valence-electron chi connectivity index (χ0n) is 8.47. The number of carbonyl (C=O) groups is 1. The van der Waals surface area contributed by atoms with E-state index < -0.39 is 9.89 Å². The maximum absolute atomic E-state index is 11.1. The van der Waals surface area contributed by atoms with Gasteiger partial charge in [-0.25, -0.2) is 4.79 Å². The second kappa shape index (κ2) is 6.63. The summed E-state index contributed by atoms with van der Waals surface area (Å²) in [4.78, 5) is 11.1. The standard InChI is InChI=1S/C8H14Cl3NO3/c1-5(2)6(3-13)12-7(14)15-4-8(9,10)11/h5-6,13H,3-4H2,1-2H3,(H,12,14). The molecule has 0 fully saturated rings. The lowest BCUT2D eigenvalue weighted by atomic mass is 10.1. The fourth-order valence-corrected chi connectivity index (χ4v) is 0.927. The van der Waals surface area contributed by atoms with Gasteiger partial charge in [-0.3, -0.25) is 0 Å². The third-order valence-corrected chi connectivity index (χ3v) is 2.00. The van der Waals surface area contributed by atoms with Crippen LogP contribution in [0.15, 0.2) is 0 Å². The summed E-state index contributed by atoms with van der Waals surface area (Å²) >= 11 is 16.2. The van der Waals surface area contributed by atoms with Crippen LogP contribution < -0.4 is 5.32 Å². The monoisotopic (exact) mass is 277 g/mol. The van der Waals surface area contributed by atoms with Crippen molar-refractivity contribution >= 4 is 40.9 Å². The van der Waals surface area contributed by atoms with Gasteiger partial charge in [0.2, 0.25) is 3.79 Å². The molecule has 0 aromatic rings. The topological polar surface area (TPSA) is 58.6 Å². The van der Waals surface area contributed by atoms with Gasteiger partial charge in [0.1, 0.15) is 6.61 Å². The molecule has 1 amide bonds. The van der Waals surface area contributed by atoms with Gasteiger partial charge in [-0.05, 0) is 5.92 Å². The Bertz CT molecular complexity index is 206. The van der Waals surface area contributed by atoms with Crippen molar-refractivity contribution in [3.05, 3.63) is 0 Å². The molecule has 1 unspecified atom stereocenters. The predicted octanol–water partition coefficient (Wildman–Crippen LogP) is 2.10. The van der Waals surface area contributed by atoms with Gasteiger partial charge in [0.05, 0.1) is 12.6 Å². The lowest BCUT2D eigenvalue weighted by molar-refractivity contribution is 0.130. The second-order valence-corrected chi connectivity index (χ2v) is 5.88. The molecular formula is C8H14Cl3NO3. The van der Waals surface area contributed by atoms with Crippen LogP contribution in [0.1, 0.15) is 13.8 Å². The van der Waals surface area contributed by atoms with Gasteiger partial charge >= 0.3 is 6.09 Å². The number of rotatable bonds is 4. The third-order valence-electron chi connectivity index (χ3n) is 1.67. The van der Waals surface area contributed by atoms with Crippen LogP contribution >= 0.6 is 34.8 Å². The van der Waals surface area contributed by atoms with E-state index in [2.05, 4.69) is 10.1 Å². The Morgan fingerprint density at radius 2 is 2.00 bits per heavy atom. The average molecular weight is 279 g/mol. The van der Waals surface area contributed by atoms with Crippen LogP contribution in [-0.4, -0.2) is 34.2 Å². The van der Waals surface area contributed by atoms with E-state index >= 15 is 0 Å². The van der Waals surface area contributed by atoms with Crippen molar-refractivity contribution in [3.8, 4) is 0 Å². The van der Waals surface area contributed by atoms with E-state index in [4.69, 9.17) is 39.9 Å². The predicted molar refractivity (Wildman–Crippen MR) is 60.5 cm³/mol. The van der Waals surface area contributed by atoms with E-state index in [0.717, 1.165) is 0 Å². The van der Waals surface area contributed by atoms with E-state index in [1.165, 1.54) is 0 Å². The quantitative estimate of drug-likeness (QED) is 0.774. The van der Waals surface area contributed by atoms with Gasteiger partial charge in [0.25, 0.3) is 0 Å². The molecule has 0 spiro atoms. The smallest absolute Gasteiger partial charge is 0.407 e. The number of carbonyl (C=O) groups excluding carboxylic acids is 1. The van der Waals surface area contributed by atoms with Crippen molar-refractivity contribution in [2.24, 2.45) is 5.92 Å². The maximum Gasteiger partial charge on any atom is 0.407 e. The summed E-state index contributed by atoms with van der Waals surface area (Å²) in [5.41, 5.74) is 0. The van der Waals surface area contributed by atoms with Gasteiger partial charge in [0, 0.05) is 0 Å². The number of hydrogen-bond acceptors (Lipinski definition) is 3. The molecule has 0 rings (SSSR count). The number of aliphatic hydroxyl groups is 1. The molecule has 7 heteroatoms. The van der Waals surface area contributed by atoms with Crippen LogP contribution in [0.2, 0.25) is 0 Å². The minimum absolute atomic E-state index is 0.0929. The largest absolute Gasteiger partial charge is 0.445 e. The normalized spacial score (nSPS) is 13.8. The van der Waals surface area contributed by atoms with Crippen LogP contribution in [0.5, 0.6) is 0 Å². The molecule has 0 aliphatic carbocycles. The van der Waals surface area contributed by atoms with E-state index in [-0.39, 0.29) is 25.2 Å². The molecule has 1 atom stereocenters. The van der Waals surface area contributed by atoms with Gasteiger partial charge in [-0.2, -0.15) is 0 Å². The molecular weight excluding hydrogens is 264 g/mol. The Balaban J connectivity index is 3.92. The molecule has 15 heavy (non-hydrogen) atoms. The SMILES string of the molecule is CC(C)C(CO)NC(=O)OCC(Cl)(Cl)Cl. The Kier molecular flexibility index (Phi) is 6.68. The first-order chi connectivity index (χ1) is 6.76. The molecule has 2 N–H and O–H groups in total. The molecule has 4 nitrogen and oxygen atoms in total. The summed E-state index contributed by atoms with van der Waals surface area (Å²) in [7, 11) is 0. The van der Waals surface area contributed by atoms with Crippen molar-refractivity contribution < 1.29 is 14.6 Å². The first kappa shape index (κ1) is 15.1. The highest BCUT2D eigenvalue weighted by atomic mass is 35.6. The minimum atomic E-state index is -1.62. The zero-order valence-corrected chi connectivity index (χ0v) is 10.7. The summed E-state index contributed by atoms with van der Waals surface area (Å²) in [6.07, 6.45) is -0.714. The Morgan fingerprint density at radius 1 is 1.47 bits per heavy atom. The fraction of sp³-hybridized carbons (Fsp3) is 0.875. The van der Waals surface area contributed by atoms with Crippen molar-refractivity contribution in [1.82, 2.24) is 5.32 Å². The highest BCUT2D eigenvalue weighted by molar-refractivity contribution is 6.67. The van der Waals surface area contributed by atoms with Gasteiger partial charge in [-0.1, -0.05) is 48.7 Å². The number of amides is 1. The van der Waals surface area contributed by atoms with Crippen molar-refractivity contribution in [1.29, 1.82) is 0 Å². The summed E-state index contributed by atoms with van der Waals surface area (Å²) in [6.45, 7) is 3.21. The Morgan fingerprint density at radius 3 is 2.33 bits per heavy atom. The van der Waals surface area contributed by atoms with E-state index in [9.17, 15) is 4.79 Å². The number of nitrogens with one attached hydrogen (secondary N) is 1. The summed E-state index contributed by atoms with van der Waals surface area (Å²) in [5, 5.41) is 11.4. The molecule has 0 saturated carbocycles. The number of halogens is 3. The molecule has 0 aromatic heterocycles. The summed E-state index contributed by atoms with van der Waals surface area (Å²) in [6, 6.07) is -0.368. The molecule has 0 saturated heterocycles. The second-order valence-electron chi connectivity index (χ2n) is 3.37. The lowest BCUT2D eigenvalue weighted by Gasteiger charge is -2.20.